The number of hydrogen-bond acceptors (Lipinski definition) is 4. The Bertz CT molecular complexity index is 632. The molecular formula is C16H20ClN3O. The Kier molecular flexibility index (Phi) is 4.40. The van der Waals surface area contributed by atoms with Crippen LogP contribution < -0.4 is 5.73 Å². The minimum Gasteiger partial charge on any atom is -0.374 e. The summed E-state index contributed by atoms with van der Waals surface area (Å²) in [5.74, 6) is 0. The van der Waals surface area contributed by atoms with Crippen LogP contribution in [0.3, 0.4) is 0 Å². The van der Waals surface area contributed by atoms with Crippen LogP contribution in [0.15, 0.2) is 30.3 Å². The Morgan fingerprint density at radius 1 is 1.48 bits per heavy atom. The number of nitrogens with zero attached hydrogens (tertiary/aromatic N) is 2. The summed E-state index contributed by atoms with van der Waals surface area (Å²) >= 11 is 6.33. The second kappa shape index (κ2) is 6.28. The summed E-state index contributed by atoms with van der Waals surface area (Å²) in [6.07, 6.45) is 0.0888. The third kappa shape index (κ3) is 3.35. The van der Waals surface area contributed by atoms with E-state index in [-0.39, 0.29) is 12.1 Å². The van der Waals surface area contributed by atoms with E-state index in [4.69, 9.17) is 22.1 Å². The van der Waals surface area contributed by atoms with Gasteiger partial charge in [-0.05, 0) is 19.1 Å². The highest BCUT2D eigenvalue weighted by molar-refractivity contribution is 6.30. The van der Waals surface area contributed by atoms with Gasteiger partial charge in [-0.3, -0.25) is 4.90 Å². The van der Waals surface area contributed by atoms with Crippen LogP contribution in [0.4, 0.5) is 0 Å². The predicted molar refractivity (Wildman–Crippen MR) is 85.4 cm³/mol. The van der Waals surface area contributed by atoms with Gasteiger partial charge in [-0.2, -0.15) is 0 Å². The lowest BCUT2D eigenvalue weighted by molar-refractivity contribution is -0.0403. The average molecular weight is 306 g/mol. The Balaban J connectivity index is 1.79. The van der Waals surface area contributed by atoms with E-state index in [1.807, 2.05) is 25.1 Å². The zero-order valence-electron chi connectivity index (χ0n) is 12.1. The average Bonchev–Trinajstić information content (AvgIpc) is 2.48. The van der Waals surface area contributed by atoms with Gasteiger partial charge in [0.2, 0.25) is 0 Å². The molecule has 1 saturated heterocycles. The van der Waals surface area contributed by atoms with Gasteiger partial charge in [-0.25, -0.2) is 4.98 Å². The molecule has 2 unspecified atom stereocenters. The van der Waals surface area contributed by atoms with E-state index in [1.54, 1.807) is 0 Å². The molecule has 21 heavy (non-hydrogen) atoms. The molecule has 3 rings (SSSR count). The maximum atomic E-state index is 6.33. The lowest BCUT2D eigenvalue weighted by Gasteiger charge is -2.34. The maximum absolute atomic E-state index is 6.33. The van der Waals surface area contributed by atoms with Crippen LogP contribution >= 0.6 is 11.6 Å². The van der Waals surface area contributed by atoms with Crippen molar-refractivity contribution in [2.24, 2.45) is 5.73 Å². The summed E-state index contributed by atoms with van der Waals surface area (Å²) in [6, 6.07) is 10.2. The smallest absolute Gasteiger partial charge is 0.134 e. The Morgan fingerprint density at radius 3 is 3.10 bits per heavy atom. The number of halogens is 1. The topological polar surface area (TPSA) is 51.4 Å². The van der Waals surface area contributed by atoms with E-state index in [0.29, 0.717) is 11.8 Å². The first kappa shape index (κ1) is 14.7. The third-order valence-corrected chi connectivity index (χ3v) is 4.24. The van der Waals surface area contributed by atoms with E-state index >= 15 is 0 Å². The molecule has 4 nitrogen and oxygen atoms in total. The molecule has 112 valence electrons. The van der Waals surface area contributed by atoms with Crippen LogP contribution in [0, 0.1) is 0 Å². The van der Waals surface area contributed by atoms with Crippen molar-refractivity contribution in [3.05, 3.63) is 41.0 Å². The summed E-state index contributed by atoms with van der Waals surface area (Å²) in [6.45, 7) is 5.21. The SMILES string of the molecule is CC(N)C1CN(Cc2cc3ccccc3nc2Cl)CCO1. The maximum Gasteiger partial charge on any atom is 0.134 e. The van der Waals surface area contributed by atoms with Gasteiger partial charge in [0, 0.05) is 36.6 Å². The van der Waals surface area contributed by atoms with Gasteiger partial charge in [0.05, 0.1) is 18.2 Å². The highest BCUT2D eigenvalue weighted by atomic mass is 35.5. The van der Waals surface area contributed by atoms with E-state index in [0.717, 1.165) is 36.1 Å². The van der Waals surface area contributed by atoms with Crippen molar-refractivity contribution in [1.29, 1.82) is 0 Å². The molecule has 2 N–H and O–H groups in total. The number of morpholine rings is 1. The van der Waals surface area contributed by atoms with E-state index in [2.05, 4.69) is 22.0 Å². The summed E-state index contributed by atoms with van der Waals surface area (Å²) in [5, 5.41) is 1.70. The standard InChI is InChI=1S/C16H20ClN3O/c1-11(18)15-10-20(6-7-21-15)9-13-8-12-4-2-3-5-14(12)19-16(13)17/h2-5,8,11,15H,6-7,9-10,18H2,1H3. The van der Waals surface area contributed by atoms with Crippen molar-refractivity contribution in [2.75, 3.05) is 19.7 Å². The monoisotopic (exact) mass is 305 g/mol. The van der Waals surface area contributed by atoms with E-state index in [1.165, 1.54) is 0 Å². The third-order valence-electron chi connectivity index (χ3n) is 3.91. The fourth-order valence-electron chi connectivity index (χ4n) is 2.68. The van der Waals surface area contributed by atoms with Crippen LogP contribution in [-0.2, 0) is 11.3 Å². The van der Waals surface area contributed by atoms with Gasteiger partial charge in [-0.1, -0.05) is 29.8 Å². The summed E-state index contributed by atoms with van der Waals surface area (Å²) < 4.78 is 5.69. The van der Waals surface area contributed by atoms with E-state index < -0.39 is 0 Å². The number of rotatable bonds is 3. The largest absolute Gasteiger partial charge is 0.374 e. The van der Waals surface area contributed by atoms with Crippen LogP contribution in [0.25, 0.3) is 10.9 Å². The van der Waals surface area contributed by atoms with Crippen molar-refractivity contribution in [3.63, 3.8) is 0 Å². The number of hydrogen-bond donors (Lipinski definition) is 1. The van der Waals surface area contributed by atoms with Crippen molar-refractivity contribution in [2.45, 2.75) is 25.6 Å². The minimum absolute atomic E-state index is 0.0398. The zero-order chi connectivity index (χ0) is 14.8. The molecular weight excluding hydrogens is 286 g/mol. The number of aromatic nitrogens is 1. The van der Waals surface area contributed by atoms with E-state index in [9.17, 15) is 0 Å². The van der Waals surface area contributed by atoms with Gasteiger partial charge in [0.15, 0.2) is 0 Å². The van der Waals surface area contributed by atoms with Crippen LogP contribution in [0.5, 0.6) is 0 Å². The van der Waals surface area contributed by atoms with Crippen LogP contribution in [0.1, 0.15) is 12.5 Å². The second-order valence-corrected chi connectivity index (χ2v) is 5.99. The molecule has 0 aliphatic carbocycles. The molecule has 2 atom stereocenters. The number of para-hydroxylation sites is 1. The molecule has 1 aliphatic heterocycles. The molecule has 0 bridgehead atoms. The van der Waals surface area contributed by atoms with Crippen LogP contribution in [-0.4, -0.2) is 41.7 Å². The summed E-state index contributed by atoms with van der Waals surface area (Å²) in [7, 11) is 0. The molecule has 1 aromatic heterocycles. The van der Waals surface area contributed by atoms with Gasteiger partial charge >= 0.3 is 0 Å². The minimum atomic E-state index is 0.0398. The second-order valence-electron chi connectivity index (χ2n) is 5.63. The quantitative estimate of drug-likeness (QED) is 0.885. The first-order valence-electron chi connectivity index (χ1n) is 7.27. The van der Waals surface area contributed by atoms with Gasteiger partial charge in [0.25, 0.3) is 0 Å². The first-order chi connectivity index (χ1) is 10.1. The molecule has 2 heterocycles. The molecule has 2 aromatic rings. The highest BCUT2D eigenvalue weighted by Crippen LogP contribution is 2.22. The Hall–Kier alpha value is -1.20. The fourth-order valence-corrected chi connectivity index (χ4v) is 2.89. The normalized spacial score (nSPS) is 21.6. The zero-order valence-corrected chi connectivity index (χ0v) is 12.9. The van der Waals surface area contributed by atoms with Crippen molar-refractivity contribution in [1.82, 2.24) is 9.88 Å². The highest BCUT2D eigenvalue weighted by Gasteiger charge is 2.24. The molecule has 0 saturated carbocycles. The first-order valence-corrected chi connectivity index (χ1v) is 7.65. The van der Waals surface area contributed by atoms with Crippen molar-refractivity contribution < 1.29 is 4.74 Å². The van der Waals surface area contributed by atoms with Crippen molar-refractivity contribution in [3.8, 4) is 0 Å². The molecule has 1 aromatic carbocycles. The number of nitrogens with two attached hydrogens (primary N) is 1. The number of ether oxygens (including phenoxy) is 1. The number of fused-ring (bicyclic) bond motifs is 1. The van der Waals surface area contributed by atoms with Gasteiger partial charge in [-0.15, -0.1) is 0 Å². The lowest BCUT2D eigenvalue weighted by Crippen LogP contribution is -2.49. The fraction of sp³-hybridized carbons (Fsp3) is 0.438. The molecule has 1 fully saturated rings. The molecule has 0 radical (unpaired) electrons. The van der Waals surface area contributed by atoms with Crippen molar-refractivity contribution >= 4 is 22.5 Å². The summed E-state index contributed by atoms with van der Waals surface area (Å²) in [4.78, 5) is 6.81. The molecule has 0 amide bonds. The van der Waals surface area contributed by atoms with Gasteiger partial charge < -0.3 is 10.5 Å². The molecule has 5 heteroatoms. The Morgan fingerprint density at radius 2 is 2.29 bits per heavy atom. The summed E-state index contributed by atoms with van der Waals surface area (Å²) in [5.41, 5.74) is 7.93. The number of benzene rings is 1. The number of pyridine rings is 1. The molecule has 0 spiro atoms. The molecule has 1 aliphatic rings. The predicted octanol–water partition coefficient (Wildman–Crippen LogP) is 2.44. The van der Waals surface area contributed by atoms with Crippen LogP contribution in [0.2, 0.25) is 5.15 Å². The van der Waals surface area contributed by atoms with Gasteiger partial charge in [0.1, 0.15) is 5.15 Å². The lowest BCUT2D eigenvalue weighted by atomic mass is 10.1. The Labute approximate surface area is 129 Å².